The van der Waals surface area contributed by atoms with Gasteiger partial charge in [-0.25, -0.2) is 9.18 Å². The number of carbonyl (C=O) groups is 1. The number of nitrogens with one attached hydrogen (secondary N) is 2. The van der Waals surface area contributed by atoms with Crippen molar-refractivity contribution in [2.75, 3.05) is 48.3 Å². The molecule has 2 aromatic carbocycles. The highest BCUT2D eigenvalue weighted by atomic mass is 19.1. The molecule has 1 aliphatic heterocycles. The molecule has 2 aromatic rings. The van der Waals surface area contributed by atoms with E-state index < -0.39 is 0 Å². The van der Waals surface area contributed by atoms with E-state index in [9.17, 15) is 9.18 Å². The first kappa shape index (κ1) is 19.0. The number of urea groups is 1. The molecule has 6 heteroatoms. The predicted octanol–water partition coefficient (Wildman–Crippen LogP) is 4.07. The lowest BCUT2D eigenvalue weighted by atomic mass is 10.2. The van der Waals surface area contributed by atoms with Gasteiger partial charge in [0.15, 0.2) is 0 Å². The molecule has 0 spiro atoms. The number of rotatable bonds is 7. The topological polar surface area (TPSA) is 47.6 Å². The van der Waals surface area contributed by atoms with E-state index in [4.69, 9.17) is 0 Å². The SMILES string of the molecule is CN(CCCNC(=O)Nc1ccc(N2CCCC2)c(F)c1)c1ccccc1. The minimum absolute atomic E-state index is 0.292. The predicted molar refractivity (Wildman–Crippen MR) is 109 cm³/mol. The molecule has 0 bridgehead atoms. The standard InChI is InChI=1S/C21H27FN4O/c1-25(18-8-3-2-4-9-18)13-7-12-23-21(27)24-17-10-11-20(19(22)16-17)26-14-5-6-15-26/h2-4,8-11,16H,5-7,12-15H2,1H3,(H2,23,24,27). The molecule has 0 aromatic heterocycles. The monoisotopic (exact) mass is 370 g/mol. The summed E-state index contributed by atoms with van der Waals surface area (Å²) in [5, 5.41) is 5.52. The molecule has 2 N–H and O–H groups in total. The second-order valence-electron chi connectivity index (χ2n) is 6.85. The van der Waals surface area contributed by atoms with Gasteiger partial charge in [-0.1, -0.05) is 18.2 Å². The van der Waals surface area contributed by atoms with E-state index >= 15 is 0 Å². The number of hydrogen-bond acceptors (Lipinski definition) is 3. The number of amides is 2. The van der Waals surface area contributed by atoms with Gasteiger partial charge in [-0.2, -0.15) is 0 Å². The number of benzene rings is 2. The van der Waals surface area contributed by atoms with Gasteiger partial charge in [0.2, 0.25) is 0 Å². The van der Waals surface area contributed by atoms with Gasteiger partial charge in [-0.05, 0) is 49.6 Å². The lowest BCUT2D eigenvalue weighted by molar-refractivity contribution is 0.252. The van der Waals surface area contributed by atoms with Crippen molar-refractivity contribution in [2.45, 2.75) is 19.3 Å². The molecule has 0 unspecified atom stereocenters. The first-order chi connectivity index (χ1) is 13.1. The summed E-state index contributed by atoms with van der Waals surface area (Å²) in [6.45, 7) is 3.17. The highest BCUT2D eigenvalue weighted by molar-refractivity contribution is 5.89. The van der Waals surface area contributed by atoms with Crippen LogP contribution in [0.4, 0.5) is 26.2 Å². The van der Waals surface area contributed by atoms with Crippen molar-refractivity contribution in [2.24, 2.45) is 0 Å². The van der Waals surface area contributed by atoms with Crippen LogP contribution in [0.1, 0.15) is 19.3 Å². The molecule has 3 rings (SSSR count). The maximum Gasteiger partial charge on any atom is 0.319 e. The third kappa shape index (κ3) is 5.36. The molecule has 0 aliphatic carbocycles. The Morgan fingerprint density at radius 1 is 1.15 bits per heavy atom. The van der Waals surface area contributed by atoms with E-state index in [1.165, 1.54) is 6.07 Å². The van der Waals surface area contributed by atoms with Gasteiger partial charge in [-0.15, -0.1) is 0 Å². The smallest absolute Gasteiger partial charge is 0.319 e. The molecule has 144 valence electrons. The van der Waals surface area contributed by atoms with Crippen molar-refractivity contribution in [3.63, 3.8) is 0 Å². The molecular formula is C21H27FN4O. The maximum atomic E-state index is 14.3. The molecule has 0 radical (unpaired) electrons. The van der Waals surface area contributed by atoms with Crippen LogP contribution < -0.4 is 20.4 Å². The van der Waals surface area contributed by atoms with Crippen LogP contribution in [0.25, 0.3) is 0 Å². The summed E-state index contributed by atoms with van der Waals surface area (Å²) in [5.41, 5.74) is 2.23. The van der Waals surface area contributed by atoms with E-state index in [1.807, 2.05) is 30.1 Å². The van der Waals surface area contributed by atoms with E-state index in [1.54, 1.807) is 12.1 Å². The van der Waals surface area contributed by atoms with Gasteiger partial charge in [0, 0.05) is 44.6 Å². The first-order valence-corrected chi connectivity index (χ1v) is 9.49. The second-order valence-corrected chi connectivity index (χ2v) is 6.85. The summed E-state index contributed by atoms with van der Waals surface area (Å²) in [6, 6.07) is 14.7. The van der Waals surface area contributed by atoms with E-state index in [0.29, 0.717) is 17.9 Å². The molecule has 27 heavy (non-hydrogen) atoms. The average Bonchev–Trinajstić information content (AvgIpc) is 3.20. The van der Waals surface area contributed by atoms with Crippen LogP contribution in [0.3, 0.4) is 0 Å². The van der Waals surface area contributed by atoms with E-state index in [0.717, 1.165) is 44.6 Å². The van der Waals surface area contributed by atoms with Crippen molar-refractivity contribution in [1.82, 2.24) is 5.32 Å². The van der Waals surface area contributed by atoms with E-state index in [2.05, 4.69) is 27.7 Å². The Morgan fingerprint density at radius 3 is 2.59 bits per heavy atom. The lowest BCUT2D eigenvalue weighted by Gasteiger charge is -2.19. The number of para-hydroxylation sites is 1. The van der Waals surface area contributed by atoms with Crippen LogP contribution >= 0.6 is 0 Å². The molecule has 1 aliphatic rings. The van der Waals surface area contributed by atoms with Gasteiger partial charge in [0.1, 0.15) is 5.82 Å². The normalized spacial score (nSPS) is 13.5. The molecule has 1 heterocycles. The Morgan fingerprint density at radius 2 is 1.89 bits per heavy atom. The fourth-order valence-electron chi connectivity index (χ4n) is 3.30. The largest absolute Gasteiger partial charge is 0.375 e. The third-order valence-corrected chi connectivity index (χ3v) is 4.81. The summed E-state index contributed by atoms with van der Waals surface area (Å²) >= 11 is 0. The minimum atomic E-state index is -0.314. The molecule has 5 nitrogen and oxygen atoms in total. The third-order valence-electron chi connectivity index (χ3n) is 4.81. The number of halogens is 1. The maximum absolute atomic E-state index is 14.3. The van der Waals surface area contributed by atoms with Crippen molar-refractivity contribution >= 4 is 23.1 Å². The lowest BCUT2D eigenvalue weighted by Crippen LogP contribution is -2.31. The first-order valence-electron chi connectivity index (χ1n) is 9.49. The van der Waals surface area contributed by atoms with Crippen LogP contribution in [-0.2, 0) is 0 Å². The number of nitrogens with zero attached hydrogens (tertiary/aromatic N) is 2. The van der Waals surface area contributed by atoms with Crippen LogP contribution in [0.5, 0.6) is 0 Å². The van der Waals surface area contributed by atoms with Gasteiger partial charge >= 0.3 is 6.03 Å². The fourth-order valence-corrected chi connectivity index (χ4v) is 3.30. The number of hydrogen-bond donors (Lipinski definition) is 2. The summed E-state index contributed by atoms with van der Waals surface area (Å²) in [6.07, 6.45) is 3.02. The fraction of sp³-hybridized carbons (Fsp3) is 0.381. The highest BCUT2D eigenvalue weighted by Crippen LogP contribution is 2.26. The Kier molecular flexibility index (Phi) is 6.52. The van der Waals surface area contributed by atoms with Crippen molar-refractivity contribution < 1.29 is 9.18 Å². The Balaban J connectivity index is 1.41. The number of carbonyl (C=O) groups excluding carboxylic acids is 1. The summed E-state index contributed by atoms with van der Waals surface area (Å²) in [5.74, 6) is -0.292. The van der Waals surface area contributed by atoms with Gasteiger partial charge in [0.25, 0.3) is 0 Å². The zero-order valence-corrected chi connectivity index (χ0v) is 15.7. The number of anilines is 3. The van der Waals surface area contributed by atoms with Crippen LogP contribution in [0.15, 0.2) is 48.5 Å². The molecule has 1 saturated heterocycles. The molecule has 1 fully saturated rings. The van der Waals surface area contributed by atoms with Gasteiger partial charge < -0.3 is 20.4 Å². The highest BCUT2D eigenvalue weighted by Gasteiger charge is 2.16. The van der Waals surface area contributed by atoms with Crippen molar-refractivity contribution in [1.29, 1.82) is 0 Å². The molecule has 0 atom stereocenters. The zero-order valence-electron chi connectivity index (χ0n) is 15.7. The van der Waals surface area contributed by atoms with Crippen molar-refractivity contribution in [3.05, 3.63) is 54.3 Å². The summed E-state index contributed by atoms with van der Waals surface area (Å²) < 4.78 is 14.3. The van der Waals surface area contributed by atoms with Crippen LogP contribution in [0.2, 0.25) is 0 Å². The summed E-state index contributed by atoms with van der Waals surface area (Å²) in [7, 11) is 2.03. The Bertz CT molecular complexity index is 747. The molecule has 0 saturated carbocycles. The Hall–Kier alpha value is -2.76. The Labute approximate surface area is 160 Å². The zero-order chi connectivity index (χ0) is 19.1. The van der Waals surface area contributed by atoms with Gasteiger partial charge in [0.05, 0.1) is 5.69 Å². The second kappa shape index (κ2) is 9.26. The summed E-state index contributed by atoms with van der Waals surface area (Å²) in [4.78, 5) is 16.2. The quantitative estimate of drug-likeness (QED) is 0.722. The molecular weight excluding hydrogens is 343 g/mol. The van der Waals surface area contributed by atoms with Crippen molar-refractivity contribution in [3.8, 4) is 0 Å². The molecule has 2 amide bonds. The van der Waals surface area contributed by atoms with Crippen LogP contribution in [-0.4, -0.2) is 39.3 Å². The van der Waals surface area contributed by atoms with Crippen LogP contribution in [0, 0.1) is 5.82 Å². The average molecular weight is 370 g/mol. The van der Waals surface area contributed by atoms with E-state index in [-0.39, 0.29) is 11.8 Å². The minimum Gasteiger partial charge on any atom is -0.375 e. The van der Waals surface area contributed by atoms with Gasteiger partial charge in [-0.3, -0.25) is 0 Å².